The minimum atomic E-state index is -0.436. The van der Waals surface area contributed by atoms with Crippen molar-refractivity contribution in [3.8, 4) is 0 Å². The molecule has 0 rings (SSSR count). The topological polar surface area (TPSA) is 75.4 Å². The fourth-order valence-electron chi connectivity index (χ4n) is 1.39. The number of nitrogens with two attached hydrogens (primary N) is 1. The zero-order valence-corrected chi connectivity index (χ0v) is 12.1. The molecular weight excluding hydrogens is 240 g/mol. The van der Waals surface area contributed by atoms with Crippen LogP contribution in [0, 0.1) is 11.3 Å². The van der Waals surface area contributed by atoms with Crippen LogP contribution in [0.25, 0.3) is 0 Å². The number of rotatable bonds is 7. The van der Waals surface area contributed by atoms with Gasteiger partial charge in [0.1, 0.15) is 0 Å². The van der Waals surface area contributed by atoms with Crippen LogP contribution < -0.4 is 11.1 Å². The summed E-state index contributed by atoms with van der Waals surface area (Å²) < 4.78 is 0. The quantitative estimate of drug-likeness (QED) is 0.650. The Hall–Kier alpha value is -0.320. The molecule has 0 aliphatic rings. The molecule has 4 N–H and O–H groups in total. The molecule has 0 bridgehead atoms. The van der Waals surface area contributed by atoms with Gasteiger partial charge >= 0.3 is 0 Å². The van der Waals surface area contributed by atoms with E-state index in [1.54, 1.807) is 0 Å². The van der Waals surface area contributed by atoms with Crippen LogP contribution in [0.15, 0.2) is 0 Å². The van der Waals surface area contributed by atoms with Crippen LogP contribution >= 0.6 is 12.4 Å². The first kappa shape index (κ1) is 19.0. The van der Waals surface area contributed by atoms with E-state index in [-0.39, 0.29) is 36.3 Å². The molecule has 1 atom stereocenters. The van der Waals surface area contributed by atoms with E-state index in [9.17, 15) is 4.79 Å². The van der Waals surface area contributed by atoms with Gasteiger partial charge in [0.25, 0.3) is 0 Å². The first-order chi connectivity index (χ1) is 7.30. The maximum Gasteiger partial charge on any atom is 0.237 e. The van der Waals surface area contributed by atoms with E-state index in [2.05, 4.69) is 19.2 Å². The summed E-state index contributed by atoms with van der Waals surface area (Å²) in [6.45, 7) is 8.81. The van der Waals surface area contributed by atoms with E-state index in [0.29, 0.717) is 6.54 Å². The van der Waals surface area contributed by atoms with E-state index in [0.717, 1.165) is 12.8 Å². The molecule has 0 heterocycles. The molecule has 17 heavy (non-hydrogen) atoms. The van der Waals surface area contributed by atoms with Gasteiger partial charge in [-0.2, -0.15) is 0 Å². The van der Waals surface area contributed by atoms with Gasteiger partial charge in [-0.15, -0.1) is 12.4 Å². The summed E-state index contributed by atoms with van der Waals surface area (Å²) in [5.41, 5.74) is 5.75. The van der Waals surface area contributed by atoms with Crippen molar-refractivity contribution >= 4 is 18.3 Å². The zero-order chi connectivity index (χ0) is 12.8. The van der Waals surface area contributed by atoms with Crippen molar-refractivity contribution in [1.29, 1.82) is 0 Å². The predicted octanol–water partition coefficient (Wildman–Crippen LogP) is 1.31. The number of hydrogen-bond donors (Lipinski definition) is 3. The largest absolute Gasteiger partial charge is 0.396 e. The molecular formula is C12H27ClN2O2. The lowest BCUT2D eigenvalue weighted by molar-refractivity contribution is -0.123. The van der Waals surface area contributed by atoms with E-state index in [1.165, 1.54) is 0 Å². The van der Waals surface area contributed by atoms with Crippen molar-refractivity contribution in [3.63, 3.8) is 0 Å². The molecule has 0 saturated heterocycles. The average Bonchev–Trinajstić information content (AvgIpc) is 2.22. The summed E-state index contributed by atoms with van der Waals surface area (Å²) >= 11 is 0. The van der Waals surface area contributed by atoms with E-state index in [1.807, 2.05) is 13.8 Å². The monoisotopic (exact) mass is 266 g/mol. The van der Waals surface area contributed by atoms with Gasteiger partial charge in [0.15, 0.2) is 0 Å². The second kappa shape index (κ2) is 8.72. The molecule has 0 aliphatic heterocycles. The Bertz CT molecular complexity index is 221. The van der Waals surface area contributed by atoms with Crippen molar-refractivity contribution in [2.24, 2.45) is 17.1 Å². The van der Waals surface area contributed by atoms with Gasteiger partial charge in [-0.25, -0.2) is 0 Å². The molecule has 0 aliphatic carbocycles. The van der Waals surface area contributed by atoms with Gasteiger partial charge in [0.05, 0.1) is 6.04 Å². The third kappa shape index (κ3) is 8.41. The van der Waals surface area contributed by atoms with Gasteiger partial charge in [-0.3, -0.25) is 4.79 Å². The number of carbonyl (C=O) groups excluding carboxylic acids is 1. The molecule has 0 aromatic carbocycles. The summed E-state index contributed by atoms with van der Waals surface area (Å²) in [5.74, 6) is 0.0626. The molecule has 104 valence electrons. The lowest BCUT2D eigenvalue weighted by Crippen LogP contribution is -2.46. The number of amides is 1. The third-order valence-electron chi connectivity index (χ3n) is 2.77. The Balaban J connectivity index is 0. The highest BCUT2D eigenvalue weighted by atomic mass is 35.5. The molecule has 1 amide bonds. The zero-order valence-electron chi connectivity index (χ0n) is 11.3. The van der Waals surface area contributed by atoms with E-state index < -0.39 is 6.04 Å². The summed E-state index contributed by atoms with van der Waals surface area (Å²) in [4.78, 5) is 11.6. The molecule has 0 unspecified atom stereocenters. The molecule has 5 heteroatoms. The number of aliphatic hydroxyl groups excluding tert-OH is 1. The maximum atomic E-state index is 11.6. The Kier molecular flexibility index (Phi) is 9.77. The normalized spacial score (nSPS) is 13.1. The molecule has 0 spiro atoms. The summed E-state index contributed by atoms with van der Waals surface area (Å²) in [6.07, 6.45) is 1.65. The van der Waals surface area contributed by atoms with Gasteiger partial charge in [0, 0.05) is 13.2 Å². The van der Waals surface area contributed by atoms with Gasteiger partial charge in [0.2, 0.25) is 5.91 Å². The average molecular weight is 267 g/mol. The first-order valence-electron chi connectivity index (χ1n) is 5.94. The van der Waals surface area contributed by atoms with E-state index >= 15 is 0 Å². The molecule has 0 fully saturated rings. The van der Waals surface area contributed by atoms with Crippen LogP contribution in [0.1, 0.15) is 40.5 Å². The van der Waals surface area contributed by atoms with Crippen LogP contribution in [0.4, 0.5) is 0 Å². The second-order valence-corrected chi connectivity index (χ2v) is 5.48. The molecule has 0 aromatic heterocycles. The minimum absolute atomic E-state index is 0. The Morgan fingerprint density at radius 1 is 1.41 bits per heavy atom. The fourth-order valence-corrected chi connectivity index (χ4v) is 1.39. The van der Waals surface area contributed by atoms with Crippen LogP contribution in [0.5, 0.6) is 0 Å². The number of carbonyl (C=O) groups is 1. The SMILES string of the molecule is CC(C)[C@H](N)C(=O)NCC(C)(C)CCCO.Cl. The summed E-state index contributed by atoms with van der Waals surface area (Å²) in [6, 6.07) is -0.436. The van der Waals surface area contributed by atoms with Gasteiger partial charge < -0.3 is 16.2 Å². The highest BCUT2D eigenvalue weighted by Crippen LogP contribution is 2.20. The van der Waals surface area contributed by atoms with Crippen molar-refractivity contribution in [1.82, 2.24) is 5.32 Å². The molecule has 0 saturated carbocycles. The van der Waals surface area contributed by atoms with Crippen LogP contribution in [0.3, 0.4) is 0 Å². The summed E-state index contributed by atoms with van der Waals surface area (Å²) in [7, 11) is 0. The lowest BCUT2D eigenvalue weighted by Gasteiger charge is -2.26. The highest BCUT2D eigenvalue weighted by Gasteiger charge is 2.21. The molecule has 4 nitrogen and oxygen atoms in total. The number of aliphatic hydroxyl groups is 1. The maximum absolute atomic E-state index is 11.6. The van der Waals surface area contributed by atoms with Gasteiger partial charge in [-0.1, -0.05) is 27.7 Å². The Morgan fingerprint density at radius 3 is 2.35 bits per heavy atom. The number of halogens is 1. The van der Waals surface area contributed by atoms with Crippen molar-refractivity contribution in [2.45, 2.75) is 46.6 Å². The van der Waals surface area contributed by atoms with Crippen molar-refractivity contribution in [2.75, 3.05) is 13.2 Å². The second-order valence-electron chi connectivity index (χ2n) is 5.48. The minimum Gasteiger partial charge on any atom is -0.396 e. The van der Waals surface area contributed by atoms with Crippen LogP contribution in [-0.4, -0.2) is 30.2 Å². The number of hydrogen-bond acceptors (Lipinski definition) is 3. The van der Waals surface area contributed by atoms with Crippen molar-refractivity contribution < 1.29 is 9.90 Å². The van der Waals surface area contributed by atoms with E-state index in [4.69, 9.17) is 10.8 Å². The Morgan fingerprint density at radius 2 is 1.94 bits per heavy atom. The predicted molar refractivity (Wildman–Crippen MR) is 73.2 cm³/mol. The molecule has 0 radical (unpaired) electrons. The Labute approximate surface area is 111 Å². The highest BCUT2D eigenvalue weighted by molar-refractivity contribution is 5.85. The smallest absolute Gasteiger partial charge is 0.237 e. The van der Waals surface area contributed by atoms with Crippen LogP contribution in [0.2, 0.25) is 0 Å². The third-order valence-corrected chi connectivity index (χ3v) is 2.77. The number of nitrogens with one attached hydrogen (secondary N) is 1. The standard InChI is InChI=1S/C12H26N2O2.ClH/c1-9(2)10(13)11(16)14-8-12(3,4)6-5-7-15;/h9-10,15H,5-8,13H2,1-4H3,(H,14,16);1H/t10-;/m0./s1. The summed E-state index contributed by atoms with van der Waals surface area (Å²) in [5, 5.41) is 11.6. The fraction of sp³-hybridized carbons (Fsp3) is 0.917. The lowest BCUT2D eigenvalue weighted by atomic mass is 9.87. The first-order valence-corrected chi connectivity index (χ1v) is 5.94. The molecule has 0 aromatic rings. The van der Waals surface area contributed by atoms with Crippen LogP contribution in [-0.2, 0) is 4.79 Å². The van der Waals surface area contributed by atoms with Gasteiger partial charge in [-0.05, 0) is 24.2 Å². The van der Waals surface area contributed by atoms with Crippen molar-refractivity contribution in [3.05, 3.63) is 0 Å².